The highest BCUT2D eigenvalue weighted by Gasteiger charge is 2.14. The second-order valence-electron chi connectivity index (χ2n) is 6.09. The van der Waals surface area contributed by atoms with Crippen LogP contribution in [0, 0.1) is 0 Å². The van der Waals surface area contributed by atoms with Crippen molar-refractivity contribution in [3.05, 3.63) is 54.6 Å². The van der Waals surface area contributed by atoms with E-state index in [-0.39, 0.29) is 42.4 Å². The van der Waals surface area contributed by atoms with E-state index in [9.17, 15) is 8.42 Å². The lowest BCUT2D eigenvalue weighted by Crippen LogP contribution is -2.43. The predicted octanol–water partition coefficient (Wildman–Crippen LogP) is 2.72. The fraction of sp³-hybridized carbons (Fsp3) is 0.350. The molecule has 2 aromatic rings. The molecule has 0 amide bonds. The van der Waals surface area contributed by atoms with E-state index in [1.54, 1.807) is 44.5 Å². The van der Waals surface area contributed by atoms with E-state index in [1.165, 1.54) is 0 Å². The third-order valence-electron chi connectivity index (χ3n) is 3.94. The zero-order chi connectivity index (χ0) is 20.4. The molecule has 0 saturated heterocycles. The van der Waals surface area contributed by atoms with Crippen LogP contribution in [0.1, 0.15) is 6.92 Å². The maximum Gasteiger partial charge on any atom is 0.191 e. The molecule has 0 fully saturated rings. The first kappa shape index (κ1) is 25.0. The molecular weight excluding hydrogens is 505 g/mol. The van der Waals surface area contributed by atoms with Gasteiger partial charge in [0.2, 0.25) is 0 Å². The first-order valence-corrected chi connectivity index (χ1v) is 10.6. The van der Waals surface area contributed by atoms with Crippen LogP contribution in [0.4, 0.5) is 0 Å². The Morgan fingerprint density at radius 1 is 1.03 bits per heavy atom. The van der Waals surface area contributed by atoms with Gasteiger partial charge in [-0.3, -0.25) is 4.99 Å². The Labute approximate surface area is 189 Å². The van der Waals surface area contributed by atoms with Crippen molar-refractivity contribution < 1.29 is 17.9 Å². The van der Waals surface area contributed by atoms with Gasteiger partial charge in [-0.25, -0.2) is 8.42 Å². The molecule has 29 heavy (non-hydrogen) atoms. The number of para-hydroxylation sites is 2. The molecule has 2 N–H and O–H groups in total. The highest BCUT2D eigenvalue weighted by Crippen LogP contribution is 2.26. The molecule has 0 bridgehead atoms. The molecule has 0 aliphatic heterocycles. The van der Waals surface area contributed by atoms with E-state index in [4.69, 9.17) is 9.47 Å². The number of halogens is 1. The molecule has 1 atom stereocenters. The average molecular weight is 533 g/mol. The lowest BCUT2D eigenvalue weighted by molar-refractivity contribution is 0.213. The molecule has 0 saturated carbocycles. The summed E-state index contributed by atoms with van der Waals surface area (Å²) in [5, 5.41) is 6.15. The van der Waals surface area contributed by atoms with Crippen molar-refractivity contribution in [1.82, 2.24) is 10.6 Å². The molecule has 1 unspecified atom stereocenters. The van der Waals surface area contributed by atoms with Crippen LogP contribution < -0.4 is 20.1 Å². The minimum atomic E-state index is -3.33. The summed E-state index contributed by atoms with van der Waals surface area (Å²) in [7, 11) is -0.0984. The van der Waals surface area contributed by atoms with E-state index in [2.05, 4.69) is 15.6 Å². The number of aliphatic imine (C=N–C) groups is 1. The van der Waals surface area contributed by atoms with Crippen molar-refractivity contribution in [3.63, 3.8) is 0 Å². The summed E-state index contributed by atoms with van der Waals surface area (Å²) in [5.41, 5.74) is 0. The van der Waals surface area contributed by atoms with Crippen molar-refractivity contribution in [2.24, 2.45) is 4.99 Å². The second-order valence-corrected chi connectivity index (χ2v) is 8.20. The summed E-state index contributed by atoms with van der Waals surface area (Å²) < 4.78 is 35.8. The zero-order valence-electron chi connectivity index (χ0n) is 16.8. The minimum absolute atomic E-state index is 0. The number of guanidine groups is 1. The number of benzene rings is 2. The Morgan fingerprint density at radius 2 is 1.66 bits per heavy atom. The van der Waals surface area contributed by atoms with Crippen LogP contribution in [0.5, 0.6) is 11.5 Å². The molecule has 0 radical (unpaired) electrons. The number of hydrogen-bond acceptors (Lipinski definition) is 5. The number of sulfone groups is 1. The molecule has 2 aromatic carbocycles. The van der Waals surface area contributed by atoms with E-state index >= 15 is 0 Å². The summed E-state index contributed by atoms with van der Waals surface area (Å²) in [6, 6.07) is 15.8. The van der Waals surface area contributed by atoms with E-state index in [0.29, 0.717) is 28.9 Å². The molecule has 0 aliphatic rings. The van der Waals surface area contributed by atoms with E-state index in [1.807, 2.05) is 31.2 Å². The summed E-state index contributed by atoms with van der Waals surface area (Å²) in [5.74, 6) is 1.82. The van der Waals surface area contributed by atoms with Gasteiger partial charge in [0.1, 0.15) is 6.10 Å². The van der Waals surface area contributed by atoms with Crippen molar-refractivity contribution >= 4 is 39.8 Å². The fourth-order valence-electron chi connectivity index (χ4n) is 2.49. The van der Waals surface area contributed by atoms with Gasteiger partial charge < -0.3 is 20.1 Å². The Bertz CT molecular complexity index is 876. The molecule has 2 rings (SSSR count). The van der Waals surface area contributed by atoms with Crippen LogP contribution >= 0.6 is 24.0 Å². The SMILES string of the molecule is CN=C(NCCS(=O)(=O)c1ccccc1)NCC(C)Oc1ccccc1OC.I. The standard InChI is InChI=1S/C20H27N3O4S.HI/c1-16(27-19-12-8-7-11-18(19)26-3)15-23-20(21-2)22-13-14-28(24,25)17-9-5-4-6-10-17;/h4-12,16H,13-15H2,1-3H3,(H2,21,22,23);1H. The van der Waals surface area contributed by atoms with Gasteiger partial charge in [0.05, 0.1) is 24.3 Å². The molecule has 160 valence electrons. The molecule has 7 nitrogen and oxygen atoms in total. The van der Waals surface area contributed by atoms with Gasteiger partial charge in [-0.05, 0) is 31.2 Å². The van der Waals surface area contributed by atoms with Gasteiger partial charge in [0.25, 0.3) is 0 Å². The summed E-state index contributed by atoms with van der Waals surface area (Å²) in [6.07, 6.45) is -0.150. The van der Waals surface area contributed by atoms with Crippen molar-refractivity contribution in [2.45, 2.75) is 17.9 Å². The summed E-state index contributed by atoms with van der Waals surface area (Å²) in [6.45, 7) is 2.66. The monoisotopic (exact) mass is 533 g/mol. The molecule has 0 aliphatic carbocycles. The molecule has 9 heteroatoms. The smallest absolute Gasteiger partial charge is 0.191 e. The Kier molecular flexibility index (Phi) is 10.8. The molecule has 0 spiro atoms. The van der Waals surface area contributed by atoms with Gasteiger partial charge in [-0.15, -0.1) is 24.0 Å². The van der Waals surface area contributed by atoms with Crippen LogP contribution in [0.15, 0.2) is 64.5 Å². The average Bonchev–Trinajstić information content (AvgIpc) is 2.71. The number of rotatable bonds is 9. The number of hydrogen-bond donors (Lipinski definition) is 2. The maximum absolute atomic E-state index is 12.3. The Hall–Kier alpha value is -2.01. The molecular formula is C20H28IN3O4S. The third kappa shape index (κ3) is 8.09. The topological polar surface area (TPSA) is 89.0 Å². The zero-order valence-corrected chi connectivity index (χ0v) is 19.9. The van der Waals surface area contributed by atoms with E-state index < -0.39 is 9.84 Å². The lowest BCUT2D eigenvalue weighted by Gasteiger charge is -2.19. The van der Waals surface area contributed by atoms with Crippen LogP contribution in [0.3, 0.4) is 0 Å². The predicted molar refractivity (Wildman–Crippen MR) is 126 cm³/mol. The largest absolute Gasteiger partial charge is 0.493 e. The fourth-order valence-corrected chi connectivity index (χ4v) is 3.66. The first-order valence-electron chi connectivity index (χ1n) is 8.98. The Balaban J connectivity index is 0.00000420. The van der Waals surface area contributed by atoms with E-state index in [0.717, 1.165) is 0 Å². The molecule has 0 aromatic heterocycles. The van der Waals surface area contributed by atoms with Crippen molar-refractivity contribution in [1.29, 1.82) is 0 Å². The minimum Gasteiger partial charge on any atom is -0.493 e. The first-order chi connectivity index (χ1) is 13.5. The maximum atomic E-state index is 12.3. The molecule has 0 heterocycles. The number of nitrogens with zero attached hydrogens (tertiary/aromatic N) is 1. The normalized spacial score (nSPS) is 12.4. The third-order valence-corrected chi connectivity index (χ3v) is 5.68. The van der Waals surface area contributed by atoms with Crippen LogP contribution in [0.25, 0.3) is 0 Å². The highest BCUT2D eigenvalue weighted by atomic mass is 127. The van der Waals surface area contributed by atoms with Crippen molar-refractivity contribution in [2.75, 3.05) is 33.0 Å². The second kappa shape index (κ2) is 12.5. The quantitative estimate of drug-likeness (QED) is 0.293. The van der Waals surface area contributed by atoms with Crippen LogP contribution in [0.2, 0.25) is 0 Å². The lowest BCUT2D eigenvalue weighted by atomic mass is 10.3. The number of methoxy groups -OCH3 is 1. The Morgan fingerprint density at radius 3 is 2.28 bits per heavy atom. The van der Waals surface area contributed by atoms with Gasteiger partial charge >= 0.3 is 0 Å². The van der Waals surface area contributed by atoms with Gasteiger partial charge in [-0.2, -0.15) is 0 Å². The van der Waals surface area contributed by atoms with Crippen LogP contribution in [-0.2, 0) is 9.84 Å². The summed E-state index contributed by atoms with van der Waals surface area (Å²) >= 11 is 0. The van der Waals surface area contributed by atoms with Crippen LogP contribution in [-0.4, -0.2) is 53.5 Å². The van der Waals surface area contributed by atoms with Crippen molar-refractivity contribution in [3.8, 4) is 11.5 Å². The number of nitrogens with one attached hydrogen (secondary N) is 2. The summed E-state index contributed by atoms with van der Waals surface area (Å²) in [4.78, 5) is 4.43. The number of ether oxygens (including phenoxy) is 2. The van der Waals surface area contributed by atoms with Gasteiger partial charge in [0.15, 0.2) is 27.3 Å². The van der Waals surface area contributed by atoms with Gasteiger partial charge in [0, 0.05) is 13.6 Å². The van der Waals surface area contributed by atoms with Gasteiger partial charge in [-0.1, -0.05) is 30.3 Å². The highest BCUT2D eigenvalue weighted by molar-refractivity contribution is 14.0.